The highest BCUT2D eigenvalue weighted by Crippen LogP contribution is 2.50. The zero-order valence-electron chi connectivity index (χ0n) is 13.1. The van der Waals surface area contributed by atoms with E-state index in [1.165, 1.54) is 7.11 Å². The molecule has 6 nitrogen and oxygen atoms in total. The van der Waals surface area contributed by atoms with Crippen LogP contribution in [0.25, 0.3) is 0 Å². The second kappa shape index (κ2) is 7.56. The summed E-state index contributed by atoms with van der Waals surface area (Å²) in [5.41, 5.74) is -0.461. The number of carbonyl (C=O) groups excluding carboxylic acids is 1. The number of hydrogen-bond acceptors (Lipinski definition) is 6. The van der Waals surface area contributed by atoms with Gasteiger partial charge in [-0.1, -0.05) is 13.8 Å². The Bertz CT molecular complexity index is 442. The van der Waals surface area contributed by atoms with Crippen molar-refractivity contribution in [3.63, 3.8) is 0 Å². The molecule has 1 rings (SSSR count). The molecule has 124 valence electrons. The third-order valence-corrected chi connectivity index (χ3v) is 5.55. The van der Waals surface area contributed by atoms with E-state index in [-0.39, 0.29) is 30.4 Å². The normalized spacial score (nSPS) is 18.5. The second-order valence-electron chi connectivity index (χ2n) is 6.51. The second-order valence-corrected chi connectivity index (χ2v) is 8.62. The summed E-state index contributed by atoms with van der Waals surface area (Å²) in [6, 6.07) is 0. The van der Waals surface area contributed by atoms with Crippen LogP contribution < -0.4 is 5.32 Å². The van der Waals surface area contributed by atoms with Crippen LogP contribution in [0.15, 0.2) is 0 Å². The summed E-state index contributed by atoms with van der Waals surface area (Å²) in [7, 11) is -2.08. The van der Waals surface area contributed by atoms with E-state index in [0.29, 0.717) is 5.92 Å². The van der Waals surface area contributed by atoms with Gasteiger partial charge < -0.3 is 15.2 Å². The highest BCUT2D eigenvalue weighted by molar-refractivity contribution is 7.91. The molecule has 7 heteroatoms. The Balaban J connectivity index is 2.41. The Morgan fingerprint density at radius 1 is 1.33 bits per heavy atom. The van der Waals surface area contributed by atoms with Gasteiger partial charge in [0.2, 0.25) is 0 Å². The molecular weight excluding hydrogens is 294 g/mol. The lowest BCUT2D eigenvalue weighted by Gasteiger charge is -2.17. The van der Waals surface area contributed by atoms with Crippen LogP contribution in [0.3, 0.4) is 0 Å². The van der Waals surface area contributed by atoms with E-state index in [0.717, 1.165) is 19.4 Å². The molecule has 0 aromatic rings. The molecule has 1 saturated carbocycles. The summed E-state index contributed by atoms with van der Waals surface area (Å²) in [6.45, 7) is 5.09. The minimum absolute atomic E-state index is 0.0453. The zero-order valence-corrected chi connectivity index (χ0v) is 13.9. The summed E-state index contributed by atoms with van der Waals surface area (Å²) in [4.78, 5) is 11.3. The Kier molecular flexibility index (Phi) is 6.62. The van der Waals surface area contributed by atoms with Gasteiger partial charge in [-0.2, -0.15) is 0 Å². The SMILES string of the molecule is COC(=O)CC1(CS(=O)(=O)CC(O)CNCC(C)C)CC1. The summed E-state index contributed by atoms with van der Waals surface area (Å²) in [6.07, 6.45) is 0.680. The van der Waals surface area contributed by atoms with Gasteiger partial charge in [-0.15, -0.1) is 0 Å². The van der Waals surface area contributed by atoms with Crippen molar-refractivity contribution in [3.8, 4) is 0 Å². The molecule has 0 bridgehead atoms. The number of sulfone groups is 1. The van der Waals surface area contributed by atoms with Crippen molar-refractivity contribution in [2.24, 2.45) is 11.3 Å². The summed E-state index contributed by atoms with van der Waals surface area (Å²) in [5, 5.41) is 12.8. The van der Waals surface area contributed by atoms with E-state index in [1.807, 2.05) is 13.8 Å². The van der Waals surface area contributed by atoms with Gasteiger partial charge in [0.05, 0.1) is 31.1 Å². The number of methoxy groups -OCH3 is 1. The average molecular weight is 321 g/mol. The highest BCUT2D eigenvalue weighted by Gasteiger charge is 2.48. The van der Waals surface area contributed by atoms with Crippen LogP contribution in [-0.4, -0.2) is 57.3 Å². The molecule has 1 aliphatic rings. The predicted molar refractivity (Wildman–Crippen MR) is 80.7 cm³/mol. The quantitative estimate of drug-likeness (QED) is 0.564. The third-order valence-electron chi connectivity index (χ3n) is 3.61. The maximum absolute atomic E-state index is 12.1. The molecule has 1 unspecified atom stereocenters. The molecule has 0 spiro atoms. The van der Waals surface area contributed by atoms with Gasteiger partial charge in [-0.05, 0) is 30.7 Å². The number of hydrogen-bond donors (Lipinski definition) is 2. The van der Waals surface area contributed by atoms with Gasteiger partial charge in [0.25, 0.3) is 0 Å². The standard InChI is InChI=1S/C14H27NO5S/c1-11(2)7-15-8-12(16)9-21(18,19)10-14(4-5-14)6-13(17)20-3/h11-12,15-16H,4-10H2,1-3H3. The Morgan fingerprint density at radius 3 is 2.43 bits per heavy atom. The topological polar surface area (TPSA) is 92.7 Å². The number of carbonyl (C=O) groups is 1. The number of aliphatic hydroxyl groups excluding tert-OH is 1. The summed E-state index contributed by atoms with van der Waals surface area (Å²) in [5.74, 6) is -0.234. The van der Waals surface area contributed by atoms with E-state index in [9.17, 15) is 18.3 Å². The number of nitrogens with one attached hydrogen (secondary N) is 1. The van der Waals surface area contributed by atoms with E-state index in [4.69, 9.17) is 0 Å². The lowest BCUT2D eigenvalue weighted by Crippen LogP contribution is -2.36. The van der Waals surface area contributed by atoms with Crippen LogP contribution in [0, 0.1) is 11.3 Å². The highest BCUT2D eigenvalue weighted by atomic mass is 32.2. The van der Waals surface area contributed by atoms with Crippen molar-refractivity contribution in [3.05, 3.63) is 0 Å². The van der Waals surface area contributed by atoms with Crippen LogP contribution in [0.4, 0.5) is 0 Å². The molecule has 0 aromatic carbocycles. The Morgan fingerprint density at radius 2 is 1.95 bits per heavy atom. The van der Waals surface area contributed by atoms with Crippen LogP contribution in [0.1, 0.15) is 33.1 Å². The maximum atomic E-state index is 12.1. The van der Waals surface area contributed by atoms with Gasteiger partial charge in [-0.3, -0.25) is 4.79 Å². The van der Waals surface area contributed by atoms with Crippen molar-refractivity contribution in [1.29, 1.82) is 0 Å². The Labute approximate surface area is 127 Å². The number of rotatable bonds is 10. The predicted octanol–water partition coefficient (Wildman–Crippen LogP) is 0.351. The molecule has 0 amide bonds. The van der Waals surface area contributed by atoms with E-state index >= 15 is 0 Å². The zero-order chi connectivity index (χ0) is 16.1. The first-order chi connectivity index (χ1) is 9.68. The molecule has 0 aliphatic heterocycles. The lowest BCUT2D eigenvalue weighted by molar-refractivity contribution is -0.141. The number of ether oxygens (including phenoxy) is 1. The first kappa shape index (κ1) is 18.4. The van der Waals surface area contributed by atoms with Crippen molar-refractivity contribution < 1.29 is 23.1 Å². The smallest absolute Gasteiger partial charge is 0.306 e. The van der Waals surface area contributed by atoms with Crippen molar-refractivity contribution in [1.82, 2.24) is 5.32 Å². The molecule has 0 saturated heterocycles. The van der Waals surface area contributed by atoms with Crippen molar-refractivity contribution in [2.45, 2.75) is 39.2 Å². The van der Waals surface area contributed by atoms with Gasteiger partial charge in [0, 0.05) is 6.54 Å². The Hall–Kier alpha value is -0.660. The first-order valence-corrected chi connectivity index (χ1v) is 9.16. The van der Waals surface area contributed by atoms with Gasteiger partial charge in [0.15, 0.2) is 9.84 Å². The van der Waals surface area contributed by atoms with E-state index < -0.39 is 21.4 Å². The number of aliphatic hydroxyl groups is 1. The largest absolute Gasteiger partial charge is 0.469 e. The number of esters is 1. The van der Waals surface area contributed by atoms with E-state index in [2.05, 4.69) is 10.1 Å². The average Bonchev–Trinajstić information content (AvgIpc) is 3.05. The van der Waals surface area contributed by atoms with Gasteiger partial charge >= 0.3 is 5.97 Å². The summed E-state index contributed by atoms with van der Waals surface area (Å²) >= 11 is 0. The molecule has 2 N–H and O–H groups in total. The molecule has 21 heavy (non-hydrogen) atoms. The van der Waals surface area contributed by atoms with Gasteiger partial charge in [-0.25, -0.2) is 8.42 Å². The van der Waals surface area contributed by atoms with E-state index in [1.54, 1.807) is 0 Å². The molecule has 0 heterocycles. The molecule has 1 aliphatic carbocycles. The fourth-order valence-corrected chi connectivity index (χ4v) is 4.49. The summed E-state index contributed by atoms with van der Waals surface area (Å²) < 4.78 is 28.9. The fourth-order valence-electron chi connectivity index (χ4n) is 2.34. The van der Waals surface area contributed by atoms with Crippen LogP contribution in [0.5, 0.6) is 0 Å². The molecule has 1 atom stereocenters. The molecule has 1 fully saturated rings. The van der Waals surface area contributed by atoms with Gasteiger partial charge in [0.1, 0.15) is 0 Å². The van der Waals surface area contributed by atoms with Crippen molar-refractivity contribution >= 4 is 15.8 Å². The minimum atomic E-state index is -3.38. The minimum Gasteiger partial charge on any atom is -0.469 e. The maximum Gasteiger partial charge on any atom is 0.306 e. The lowest BCUT2D eigenvalue weighted by atomic mass is 10.1. The van der Waals surface area contributed by atoms with Crippen LogP contribution in [0.2, 0.25) is 0 Å². The van der Waals surface area contributed by atoms with Crippen molar-refractivity contribution in [2.75, 3.05) is 31.7 Å². The molecular formula is C14H27NO5S. The van der Waals surface area contributed by atoms with Crippen LogP contribution >= 0.6 is 0 Å². The monoisotopic (exact) mass is 321 g/mol. The fraction of sp³-hybridized carbons (Fsp3) is 0.929. The van der Waals surface area contributed by atoms with Crippen LogP contribution in [-0.2, 0) is 19.4 Å². The first-order valence-electron chi connectivity index (χ1n) is 7.34. The molecule has 0 aromatic heterocycles. The third kappa shape index (κ3) is 7.24. The molecule has 0 radical (unpaired) electrons.